The second-order valence-corrected chi connectivity index (χ2v) is 12.2. The first kappa shape index (κ1) is 30.8. The summed E-state index contributed by atoms with van der Waals surface area (Å²) in [7, 11) is 2.92. The number of ether oxygens (including phenoxy) is 3. The molecule has 1 aliphatic rings. The fraction of sp³-hybridized carbons (Fsp3) is 0.222. The molecule has 46 heavy (non-hydrogen) atoms. The first-order chi connectivity index (χ1) is 22.2. The molecule has 3 heterocycles. The molecule has 0 bridgehead atoms. The molecule has 0 fully saturated rings. The van der Waals surface area contributed by atoms with Gasteiger partial charge < -0.3 is 14.2 Å². The van der Waals surface area contributed by atoms with Crippen LogP contribution in [0.1, 0.15) is 43.5 Å². The Morgan fingerprint density at radius 1 is 1.00 bits per heavy atom. The summed E-state index contributed by atoms with van der Waals surface area (Å²) in [5.74, 6) is 0.938. The molecule has 234 valence electrons. The molecule has 3 aromatic carbocycles. The van der Waals surface area contributed by atoms with Crippen LogP contribution in [-0.2, 0) is 9.53 Å². The smallest absolute Gasteiger partial charge is 0.338 e. The number of hydrogen-bond donors (Lipinski definition) is 0. The van der Waals surface area contributed by atoms with Crippen LogP contribution in [0.25, 0.3) is 23.0 Å². The quantitative estimate of drug-likeness (QED) is 0.213. The normalized spacial score (nSPS) is 14.7. The number of fused-ring (bicyclic) bond motifs is 1. The van der Waals surface area contributed by atoms with Gasteiger partial charge in [0.05, 0.1) is 47.9 Å². The van der Waals surface area contributed by atoms with Crippen LogP contribution in [0.2, 0.25) is 0 Å². The third-order valence-corrected chi connectivity index (χ3v) is 8.70. The van der Waals surface area contributed by atoms with E-state index in [-0.39, 0.29) is 11.7 Å². The highest BCUT2D eigenvalue weighted by Crippen LogP contribution is 2.32. The van der Waals surface area contributed by atoms with Crippen LogP contribution in [0, 0.1) is 6.92 Å². The maximum absolute atomic E-state index is 14.3. The SMILES string of the molecule is COC(=O)C1=C(C)N=c2s/c(=C\c3cn(-c4ccccc4)nc3-c3ccc(OC(C)C)c(C)c3)c(=O)n2C1c1ccc(OC)cc1. The van der Waals surface area contributed by atoms with Gasteiger partial charge in [0.2, 0.25) is 0 Å². The Bertz CT molecular complexity index is 2140. The molecule has 1 unspecified atom stereocenters. The highest BCUT2D eigenvalue weighted by Gasteiger charge is 2.33. The van der Waals surface area contributed by atoms with Crippen molar-refractivity contribution in [3.8, 4) is 28.4 Å². The summed E-state index contributed by atoms with van der Waals surface area (Å²) in [4.78, 5) is 32.5. The van der Waals surface area contributed by atoms with Gasteiger partial charge in [-0.05, 0) is 87.4 Å². The number of aromatic nitrogens is 3. The zero-order chi connectivity index (χ0) is 32.5. The van der Waals surface area contributed by atoms with Gasteiger partial charge in [-0.15, -0.1) is 0 Å². The number of carbonyl (C=O) groups is 1. The van der Waals surface area contributed by atoms with E-state index in [4.69, 9.17) is 19.3 Å². The summed E-state index contributed by atoms with van der Waals surface area (Å²) in [6, 6.07) is 22.4. The van der Waals surface area contributed by atoms with Crippen molar-refractivity contribution in [3.63, 3.8) is 0 Å². The van der Waals surface area contributed by atoms with Crippen molar-refractivity contribution in [1.82, 2.24) is 14.3 Å². The third kappa shape index (κ3) is 5.79. The first-order valence-electron chi connectivity index (χ1n) is 14.9. The van der Waals surface area contributed by atoms with E-state index in [2.05, 4.69) is 4.99 Å². The largest absolute Gasteiger partial charge is 0.497 e. The van der Waals surface area contributed by atoms with Crippen molar-refractivity contribution in [2.24, 2.45) is 4.99 Å². The molecular formula is C36H34N4O5S. The molecule has 0 radical (unpaired) electrons. The lowest BCUT2D eigenvalue weighted by atomic mass is 9.96. The molecule has 6 rings (SSSR count). The zero-order valence-corrected chi connectivity index (χ0v) is 27.3. The number of esters is 1. The van der Waals surface area contributed by atoms with E-state index >= 15 is 0 Å². The van der Waals surface area contributed by atoms with Crippen molar-refractivity contribution < 1.29 is 19.0 Å². The maximum atomic E-state index is 14.3. The van der Waals surface area contributed by atoms with Gasteiger partial charge >= 0.3 is 5.97 Å². The van der Waals surface area contributed by atoms with Crippen LogP contribution in [0.4, 0.5) is 0 Å². The van der Waals surface area contributed by atoms with Crippen LogP contribution >= 0.6 is 11.3 Å². The molecule has 9 nitrogen and oxygen atoms in total. The molecule has 0 N–H and O–H groups in total. The van der Waals surface area contributed by atoms with Gasteiger partial charge in [0, 0.05) is 17.3 Å². The molecule has 1 atom stereocenters. The molecule has 5 aromatic rings. The first-order valence-corrected chi connectivity index (χ1v) is 15.7. The zero-order valence-electron chi connectivity index (χ0n) is 26.5. The van der Waals surface area contributed by atoms with E-state index in [1.54, 1.807) is 30.7 Å². The third-order valence-electron chi connectivity index (χ3n) is 7.72. The van der Waals surface area contributed by atoms with Crippen molar-refractivity contribution in [3.05, 3.63) is 127 Å². The van der Waals surface area contributed by atoms with Crippen molar-refractivity contribution in [1.29, 1.82) is 0 Å². The van der Waals surface area contributed by atoms with Crippen LogP contribution in [0.3, 0.4) is 0 Å². The lowest BCUT2D eigenvalue weighted by Crippen LogP contribution is -2.39. The standard InChI is InChI=1S/C36H34N4O5S/c1-21(2)45-29-17-14-25(18-22(29)3)32-26(20-39(38-32)27-10-8-7-9-11-27)19-30-34(41)40-33(24-12-15-28(43-5)16-13-24)31(35(42)44-6)23(4)37-36(40)46-30/h7-21,33H,1-6H3/b30-19-. The molecule has 0 spiro atoms. The number of nitrogens with zero attached hydrogens (tertiary/aromatic N) is 4. The van der Waals surface area contributed by atoms with Gasteiger partial charge in [-0.1, -0.05) is 41.7 Å². The van der Waals surface area contributed by atoms with Gasteiger partial charge in [0.15, 0.2) is 4.80 Å². The number of carbonyl (C=O) groups excluding carboxylic acids is 1. The summed E-state index contributed by atoms with van der Waals surface area (Å²) < 4.78 is 20.3. The van der Waals surface area contributed by atoms with Gasteiger partial charge in [-0.2, -0.15) is 5.10 Å². The molecule has 0 saturated heterocycles. The molecule has 0 saturated carbocycles. The van der Waals surface area contributed by atoms with Gasteiger partial charge in [0.1, 0.15) is 17.2 Å². The Kier molecular flexibility index (Phi) is 8.46. The van der Waals surface area contributed by atoms with Crippen molar-refractivity contribution in [2.75, 3.05) is 14.2 Å². The van der Waals surface area contributed by atoms with E-state index < -0.39 is 12.0 Å². The highest BCUT2D eigenvalue weighted by atomic mass is 32.1. The Labute approximate surface area is 270 Å². The van der Waals surface area contributed by atoms with E-state index in [9.17, 15) is 9.59 Å². The van der Waals surface area contributed by atoms with E-state index in [1.165, 1.54) is 18.4 Å². The average molecular weight is 635 g/mol. The Balaban J connectivity index is 1.54. The van der Waals surface area contributed by atoms with Gasteiger partial charge in [0.25, 0.3) is 5.56 Å². The molecule has 0 amide bonds. The summed E-state index contributed by atoms with van der Waals surface area (Å²) >= 11 is 1.27. The second-order valence-electron chi connectivity index (χ2n) is 11.2. The molecular weight excluding hydrogens is 600 g/mol. The number of allylic oxidation sites excluding steroid dienone is 1. The van der Waals surface area contributed by atoms with Gasteiger partial charge in [-0.25, -0.2) is 14.5 Å². The molecule has 0 aliphatic carbocycles. The fourth-order valence-electron chi connectivity index (χ4n) is 5.55. The van der Waals surface area contributed by atoms with E-state index in [1.807, 2.05) is 98.4 Å². The second kappa shape index (κ2) is 12.6. The number of methoxy groups -OCH3 is 2. The number of aryl methyl sites for hydroxylation is 1. The minimum absolute atomic E-state index is 0.0496. The van der Waals surface area contributed by atoms with Crippen molar-refractivity contribution in [2.45, 2.75) is 39.8 Å². The Morgan fingerprint density at radius 2 is 1.74 bits per heavy atom. The van der Waals surface area contributed by atoms with Crippen molar-refractivity contribution >= 4 is 23.4 Å². The van der Waals surface area contributed by atoms with Crippen LogP contribution < -0.4 is 24.4 Å². The minimum Gasteiger partial charge on any atom is -0.497 e. The van der Waals surface area contributed by atoms with E-state index in [0.717, 1.165) is 33.7 Å². The summed E-state index contributed by atoms with van der Waals surface area (Å²) in [6.07, 6.45) is 3.82. The van der Waals surface area contributed by atoms with Crippen LogP contribution in [0.5, 0.6) is 11.5 Å². The minimum atomic E-state index is -0.723. The average Bonchev–Trinajstić information content (AvgIpc) is 3.61. The highest BCUT2D eigenvalue weighted by molar-refractivity contribution is 7.07. The molecule has 1 aliphatic heterocycles. The fourth-order valence-corrected chi connectivity index (χ4v) is 6.59. The van der Waals surface area contributed by atoms with E-state index in [0.29, 0.717) is 32.0 Å². The van der Waals surface area contributed by atoms with Crippen LogP contribution in [-0.4, -0.2) is 40.6 Å². The Hall–Kier alpha value is -5.22. The maximum Gasteiger partial charge on any atom is 0.338 e. The van der Waals surface area contributed by atoms with Gasteiger partial charge in [-0.3, -0.25) is 9.36 Å². The summed E-state index contributed by atoms with van der Waals surface area (Å²) in [5, 5.41) is 4.96. The number of hydrogen-bond acceptors (Lipinski definition) is 8. The predicted octanol–water partition coefficient (Wildman–Crippen LogP) is 5.37. The lowest BCUT2D eigenvalue weighted by Gasteiger charge is -2.24. The topological polar surface area (TPSA) is 96.9 Å². The molecule has 10 heteroatoms. The lowest BCUT2D eigenvalue weighted by molar-refractivity contribution is -0.136. The number of para-hydroxylation sites is 1. The number of thiazole rings is 1. The monoisotopic (exact) mass is 634 g/mol. The predicted molar refractivity (Wildman–Crippen MR) is 178 cm³/mol. The summed E-state index contributed by atoms with van der Waals surface area (Å²) in [5.41, 5.74) is 5.51. The number of benzene rings is 3. The number of rotatable bonds is 8. The summed E-state index contributed by atoms with van der Waals surface area (Å²) in [6.45, 7) is 7.76. The van der Waals surface area contributed by atoms with Crippen LogP contribution in [0.15, 0.2) is 100 Å². The molecule has 2 aromatic heterocycles. The Morgan fingerprint density at radius 3 is 2.39 bits per heavy atom.